The van der Waals surface area contributed by atoms with Gasteiger partial charge in [0.05, 0.1) is 0 Å². The Morgan fingerprint density at radius 1 is 1.20 bits per heavy atom. The fraction of sp³-hybridized carbons (Fsp3) is 0.875. The molecule has 2 atom stereocenters. The number of aromatic nitrogens is 2. The van der Waals surface area contributed by atoms with Crippen LogP contribution in [0, 0.1) is 17.3 Å². The first-order chi connectivity index (χ1) is 9.61. The third-order valence-electron chi connectivity index (χ3n) is 5.80. The molecule has 0 aliphatic heterocycles. The fourth-order valence-corrected chi connectivity index (χ4v) is 5.89. The summed E-state index contributed by atoms with van der Waals surface area (Å²) in [7, 11) is 0. The Morgan fingerprint density at radius 3 is 2.60 bits per heavy atom. The quantitative estimate of drug-likeness (QED) is 0.785. The van der Waals surface area contributed by atoms with Crippen LogP contribution in [0.2, 0.25) is 0 Å². The van der Waals surface area contributed by atoms with Crippen molar-refractivity contribution in [2.45, 2.75) is 63.7 Å². The van der Waals surface area contributed by atoms with Gasteiger partial charge in [-0.1, -0.05) is 6.92 Å². The highest BCUT2D eigenvalue weighted by Gasteiger charge is 2.58. The number of rotatable bonds is 4. The van der Waals surface area contributed by atoms with Crippen molar-refractivity contribution in [2.75, 3.05) is 5.88 Å². The molecule has 20 heavy (non-hydrogen) atoms. The van der Waals surface area contributed by atoms with Crippen LogP contribution in [0.25, 0.3) is 0 Å². The Balaban J connectivity index is 1.62. The molecule has 4 heteroatoms. The van der Waals surface area contributed by atoms with Crippen molar-refractivity contribution in [3.63, 3.8) is 0 Å². The van der Waals surface area contributed by atoms with Crippen LogP contribution in [0.5, 0.6) is 0 Å². The van der Waals surface area contributed by atoms with Gasteiger partial charge in [0.15, 0.2) is 0 Å². The standard InChI is InChI=1S/C16H23ClN2O/c1-15-6-11-5-12(7-15)9-16(8-11,10-15)14-19-18-13(20-14)3-2-4-17/h11-12H,2-10H2,1H3. The second kappa shape index (κ2) is 4.46. The first kappa shape index (κ1) is 13.1. The Labute approximate surface area is 125 Å². The number of aryl methyl sites for hydroxylation is 1. The van der Waals surface area contributed by atoms with E-state index in [-0.39, 0.29) is 5.41 Å². The smallest absolute Gasteiger partial charge is 0.222 e. The van der Waals surface area contributed by atoms with E-state index in [1.165, 1.54) is 38.5 Å². The molecular formula is C16H23ClN2O. The molecule has 2 unspecified atom stereocenters. The highest BCUT2D eigenvalue weighted by molar-refractivity contribution is 6.17. The molecule has 110 valence electrons. The van der Waals surface area contributed by atoms with Crippen LogP contribution in [-0.4, -0.2) is 16.1 Å². The minimum absolute atomic E-state index is 0.199. The first-order valence-corrected chi connectivity index (χ1v) is 8.53. The molecule has 1 aromatic heterocycles. The summed E-state index contributed by atoms with van der Waals surface area (Å²) in [6, 6.07) is 0. The maximum atomic E-state index is 6.03. The number of halogens is 1. The Hall–Kier alpha value is -0.570. The molecule has 0 radical (unpaired) electrons. The molecular weight excluding hydrogens is 272 g/mol. The van der Waals surface area contributed by atoms with Gasteiger partial charge in [-0.25, -0.2) is 0 Å². The maximum absolute atomic E-state index is 6.03. The van der Waals surface area contributed by atoms with E-state index < -0.39 is 0 Å². The van der Waals surface area contributed by atoms with Crippen LogP contribution in [0.1, 0.15) is 63.7 Å². The maximum Gasteiger partial charge on any atom is 0.222 e. The summed E-state index contributed by atoms with van der Waals surface area (Å²) in [5.74, 6) is 4.15. The average Bonchev–Trinajstić information content (AvgIpc) is 2.82. The van der Waals surface area contributed by atoms with Gasteiger partial charge in [0.1, 0.15) is 0 Å². The van der Waals surface area contributed by atoms with Crippen LogP contribution in [-0.2, 0) is 11.8 Å². The molecule has 5 rings (SSSR count). The molecule has 1 heterocycles. The summed E-state index contributed by atoms with van der Waals surface area (Å²) >= 11 is 5.74. The topological polar surface area (TPSA) is 38.9 Å². The molecule has 0 amide bonds. The molecule has 4 bridgehead atoms. The lowest BCUT2D eigenvalue weighted by Crippen LogP contribution is -2.53. The zero-order valence-corrected chi connectivity index (χ0v) is 13.0. The van der Waals surface area contributed by atoms with Gasteiger partial charge < -0.3 is 4.42 Å². The van der Waals surface area contributed by atoms with Crippen LogP contribution in [0.3, 0.4) is 0 Å². The Kier molecular flexibility index (Phi) is 2.93. The summed E-state index contributed by atoms with van der Waals surface area (Å²) in [6.45, 7) is 2.48. The zero-order chi connectivity index (χ0) is 13.8. The molecule has 3 nitrogen and oxygen atoms in total. The number of nitrogens with zero attached hydrogens (tertiary/aromatic N) is 2. The summed E-state index contributed by atoms with van der Waals surface area (Å²) in [6.07, 6.45) is 9.80. The second-order valence-electron chi connectivity index (χ2n) is 7.85. The van der Waals surface area contributed by atoms with Crippen LogP contribution in [0.15, 0.2) is 4.42 Å². The lowest BCUT2D eigenvalue weighted by molar-refractivity contribution is -0.0712. The number of alkyl halides is 1. The Morgan fingerprint density at radius 2 is 1.95 bits per heavy atom. The molecule has 4 aliphatic carbocycles. The predicted octanol–water partition coefficient (Wildman–Crippen LogP) is 4.10. The van der Waals surface area contributed by atoms with Gasteiger partial charge in [-0.15, -0.1) is 21.8 Å². The van der Waals surface area contributed by atoms with Gasteiger partial charge in [0.25, 0.3) is 0 Å². The van der Waals surface area contributed by atoms with E-state index in [1.54, 1.807) is 0 Å². The largest absolute Gasteiger partial charge is 0.425 e. The predicted molar refractivity (Wildman–Crippen MR) is 77.8 cm³/mol. The summed E-state index contributed by atoms with van der Waals surface area (Å²) in [4.78, 5) is 0. The van der Waals surface area contributed by atoms with Crippen molar-refractivity contribution < 1.29 is 4.42 Å². The van der Waals surface area contributed by atoms with E-state index >= 15 is 0 Å². The van der Waals surface area contributed by atoms with Gasteiger partial charge in [-0.05, 0) is 62.2 Å². The lowest BCUT2D eigenvalue weighted by atomic mass is 9.44. The molecule has 0 saturated heterocycles. The molecule has 4 saturated carbocycles. The summed E-state index contributed by atoms with van der Waals surface area (Å²) in [5.41, 5.74) is 0.722. The van der Waals surface area contributed by atoms with Gasteiger partial charge in [0.2, 0.25) is 11.8 Å². The van der Waals surface area contributed by atoms with E-state index in [9.17, 15) is 0 Å². The van der Waals surface area contributed by atoms with Crippen molar-refractivity contribution in [3.05, 3.63) is 11.8 Å². The molecule has 0 aromatic carbocycles. The Bertz CT molecular complexity index is 498. The van der Waals surface area contributed by atoms with Crippen LogP contribution >= 0.6 is 11.6 Å². The van der Waals surface area contributed by atoms with Crippen molar-refractivity contribution in [3.8, 4) is 0 Å². The van der Waals surface area contributed by atoms with E-state index in [0.717, 1.165) is 36.5 Å². The minimum atomic E-state index is 0.199. The van der Waals surface area contributed by atoms with Gasteiger partial charge >= 0.3 is 0 Å². The molecule has 4 fully saturated rings. The van der Waals surface area contributed by atoms with Crippen LogP contribution < -0.4 is 0 Å². The van der Waals surface area contributed by atoms with Crippen molar-refractivity contribution in [2.24, 2.45) is 17.3 Å². The second-order valence-corrected chi connectivity index (χ2v) is 8.22. The van der Waals surface area contributed by atoms with Gasteiger partial charge in [0, 0.05) is 17.7 Å². The first-order valence-electron chi connectivity index (χ1n) is 8.00. The van der Waals surface area contributed by atoms with E-state index in [0.29, 0.717) is 11.3 Å². The van der Waals surface area contributed by atoms with E-state index in [4.69, 9.17) is 16.0 Å². The van der Waals surface area contributed by atoms with Crippen molar-refractivity contribution in [1.82, 2.24) is 10.2 Å². The third-order valence-corrected chi connectivity index (χ3v) is 6.07. The summed E-state index contributed by atoms with van der Waals surface area (Å²) in [5, 5.41) is 8.69. The summed E-state index contributed by atoms with van der Waals surface area (Å²) < 4.78 is 6.03. The van der Waals surface area contributed by atoms with E-state index in [2.05, 4.69) is 17.1 Å². The minimum Gasteiger partial charge on any atom is -0.425 e. The monoisotopic (exact) mass is 294 g/mol. The average molecular weight is 295 g/mol. The number of hydrogen-bond acceptors (Lipinski definition) is 3. The molecule has 4 aliphatic rings. The SMILES string of the molecule is CC12CC3CC(C1)CC(c1nnc(CCCCl)o1)(C3)C2. The van der Waals surface area contributed by atoms with Gasteiger partial charge in [-0.2, -0.15) is 0 Å². The van der Waals surface area contributed by atoms with Crippen molar-refractivity contribution in [1.29, 1.82) is 0 Å². The lowest BCUT2D eigenvalue weighted by Gasteiger charge is -2.60. The highest BCUT2D eigenvalue weighted by atomic mass is 35.5. The number of hydrogen-bond donors (Lipinski definition) is 0. The highest BCUT2D eigenvalue weighted by Crippen LogP contribution is 2.65. The third kappa shape index (κ3) is 2.01. The normalized spacial score (nSPS) is 42.3. The van der Waals surface area contributed by atoms with E-state index in [1.807, 2.05) is 0 Å². The van der Waals surface area contributed by atoms with Crippen LogP contribution in [0.4, 0.5) is 0 Å². The zero-order valence-electron chi connectivity index (χ0n) is 12.2. The van der Waals surface area contributed by atoms with Crippen molar-refractivity contribution >= 4 is 11.6 Å². The molecule has 0 N–H and O–H groups in total. The van der Waals surface area contributed by atoms with Gasteiger partial charge in [-0.3, -0.25) is 0 Å². The molecule has 0 spiro atoms. The fourth-order valence-electron chi connectivity index (χ4n) is 5.76. The molecule has 1 aromatic rings.